The van der Waals surface area contributed by atoms with E-state index < -0.39 is 0 Å². The van der Waals surface area contributed by atoms with Crippen molar-refractivity contribution in [2.45, 2.75) is 93.4 Å². The fourth-order valence-electron chi connectivity index (χ4n) is 3.14. The molecule has 0 unspecified atom stereocenters. The third-order valence-corrected chi connectivity index (χ3v) is 5.35. The summed E-state index contributed by atoms with van der Waals surface area (Å²) in [5.41, 5.74) is 2.30. The zero-order chi connectivity index (χ0) is 26.4. The normalized spacial score (nSPS) is 7.98. The molecule has 0 aliphatic rings. The maximum absolute atomic E-state index is 11.4. The SMILES string of the molecule is C.C.CCCCC(=O)c1[c-]cccc1.CCCCC(=O)c1c[c-]ccc1.CCCCC(=O)c1cc[c-]cc1.[CH3-].[CH3-].[CH3-].[Y].[Y].[Y]. The van der Waals surface area contributed by atoms with Gasteiger partial charge in [-0.2, -0.15) is 60.7 Å². The van der Waals surface area contributed by atoms with Crippen molar-refractivity contribution in [3.05, 3.63) is 130 Å². The van der Waals surface area contributed by atoms with Gasteiger partial charge in [0.15, 0.2) is 0 Å². The van der Waals surface area contributed by atoms with E-state index in [4.69, 9.17) is 0 Å². The Balaban J connectivity index is -0.0000000675. The van der Waals surface area contributed by atoms with Gasteiger partial charge in [0.25, 0.3) is 0 Å². The van der Waals surface area contributed by atoms with Gasteiger partial charge in [0, 0.05) is 105 Å². The monoisotopic (exact) mass is 827 g/mol. The number of ketones is 3. The van der Waals surface area contributed by atoms with E-state index in [1.807, 2.05) is 42.5 Å². The minimum absolute atomic E-state index is 0. The Morgan fingerprint density at radius 2 is 1.02 bits per heavy atom. The number of carbonyl (C=O) groups excluding carboxylic acids is 3. The number of unbranched alkanes of at least 4 members (excludes halogenated alkanes) is 3. The molecule has 3 aromatic rings. The van der Waals surface area contributed by atoms with Crippen molar-refractivity contribution >= 4 is 17.3 Å². The van der Waals surface area contributed by atoms with Crippen LogP contribution in [0.1, 0.15) is 124 Å². The molecule has 3 radical (unpaired) electrons. The van der Waals surface area contributed by atoms with E-state index >= 15 is 0 Å². The summed E-state index contributed by atoms with van der Waals surface area (Å²) in [6.45, 7) is 6.26. The molecular formula is C38H56O3Y3-6. The van der Waals surface area contributed by atoms with Gasteiger partial charge >= 0.3 is 0 Å². The van der Waals surface area contributed by atoms with E-state index in [1.54, 1.807) is 30.3 Å². The van der Waals surface area contributed by atoms with Gasteiger partial charge in [0.1, 0.15) is 11.6 Å². The van der Waals surface area contributed by atoms with Crippen molar-refractivity contribution in [3.8, 4) is 0 Å². The molecule has 3 nitrogen and oxygen atoms in total. The molecule has 0 atom stereocenters. The molecule has 0 fully saturated rings. The first kappa shape index (κ1) is 62.8. The quantitative estimate of drug-likeness (QED) is 0.135. The first-order chi connectivity index (χ1) is 17.5. The van der Waals surface area contributed by atoms with Gasteiger partial charge in [-0.25, -0.2) is 0 Å². The zero-order valence-electron chi connectivity index (χ0n) is 26.7. The number of hydrogen-bond acceptors (Lipinski definition) is 3. The van der Waals surface area contributed by atoms with Gasteiger partial charge in [0.2, 0.25) is 0 Å². The molecular weight excluding hydrogens is 771 g/mol. The van der Waals surface area contributed by atoms with E-state index in [2.05, 4.69) is 39.0 Å². The van der Waals surface area contributed by atoms with Gasteiger partial charge < -0.3 is 31.9 Å². The molecule has 0 heterocycles. The summed E-state index contributed by atoms with van der Waals surface area (Å²) >= 11 is 0. The van der Waals surface area contributed by atoms with Crippen LogP contribution >= 0.6 is 0 Å². The fourth-order valence-corrected chi connectivity index (χ4v) is 3.14. The van der Waals surface area contributed by atoms with Crippen LogP contribution in [0.2, 0.25) is 0 Å². The molecule has 0 saturated carbocycles. The first-order valence-corrected chi connectivity index (χ1v) is 13.0. The Morgan fingerprint density at radius 1 is 0.545 bits per heavy atom. The predicted molar refractivity (Wildman–Crippen MR) is 180 cm³/mol. The van der Waals surface area contributed by atoms with Crippen molar-refractivity contribution in [1.82, 2.24) is 0 Å². The molecule has 0 aliphatic carbocycles. The molecule has 3 rings (SSSR count). The van der Waals surface area contributed by atoms with Crippen LogP contribution in [-0.2, 0) is 98.1 Å². The van der Waals surface area contributed by atoms with E-state index in [1.165, 1.54) is 0 Å². The molecule has 0 spiro atoms. The third-order valence-electron chi connectivity index (χ3n) is 5.35. The largest absolute Gasteiger partial charge is 0.358 e. The average molecular weight is 828 g/mol. The molecule has 0 saturated heterocycles. The van der Waals surface area contributed by atoms with Crippen molar-refractivity contribution in [2.24, 2.45) is 0 Å². The Kier molecular flexibility index (Phi) is 61.3. The maximum Gasteiger partial charge on any atom is 0.138 e. The molecule has 3 aromatic carbocycles. The van der Waals surface area contributed by atoms with E-state index in [9.17, 15) is 14.4 Å². The second-order valence-electron chi connectivity index (χ2n) is 8.44. The smallest absolute Gasteiger partial charge is 0.138 e. The summed E-state index contributed by atoms with van der Waals surface area (Å²) in [7, 11) is 0. The average Bonchev–Trinajstić information content (AvgIpc) is 2.95. The molecule has 241 valence electrons. The van der Waals surface area contributed by atoms with Crippen molar-refractivity contribution in [1.29, 1.82) is 0 Å². The van der Waals surface area contributed by atoms with E-state index in [0.29, 0.717) is 24.8 Å². The number of benzene rings is 3. The summed E-state index contributed by atoms with van der Waals surface area (Å²) in [5, 5.41) is 0. The minimum atomic E-state index is 0. The Bertz CT molecular complexity index is 864. The van der Waals surface area contributed by atoms with Gasteiger partial charge in [-0.05, 0) is 25.7 Å². The molecule has 0 amide bonds. The summed E-state index contributed by atoms with van der Waals surface area (Å²) in [6.07, 6.45) is 8.13. The van der Waals surface area contributed by atoms with E-state index in [0.717, 1.165) is 49.7 Å². The van der Waals surface area contributed by atoms with Crippen LogP contribution in [0.15, 0.2) is 72.8 Å². The standard InChI is InChI=1S/3C11H13O.2CH4.3CH3.3Y/c3*1-2-3-9-11(12)10-7-5-4-6-8-10;;;;;;;;/h5-8H,2-3,9H2,1H3;4-5,7-8H,2-3,9H2,1H3;4-7H,2-3,9H2,1H3;2*1H4;3*1H3;;;/q3*-1;;;3*-1;;;. The zero-order valence-corrected chi connectivity index (χ0v) is 35.3. The van der Waals surface area contributed by atoms with Crippen molar-refractivity contribution in [3.63, 3.8) is 0 Å². The summed E-state index contributed by atoms with van der Waals surface area (Å²) in [4.78, 5) is 34.1. The molecule has 6 heteroatoms. The minimum Gasteiger partial charge on any atom is -0.358 e. The molecule has 44 heavy (non-hydrogen) atoms. The second-order valence-corrected chi connectivity index (χ2v) is 8.44. The Labute approximate surface area is 349 Å². The molecule has 0 N–H and O–H groups in total. The van der Waals surface area contributed by atoms with Crippen LogP contribution in [-0.4, -0.2) is 17.3 Å². The first-order valence-electron chi connectivity index (χ1n) is 13.0. The van der Waals surface area contributed by atoms with E-state index in [-0.39, 0.29) is 153 Å². The van der Waals surface area contributed by atoms with Crippen molar-refractivity contribution < 1.29 is 113 Å². The third kappa shape index (κ3) is 30.6. The summed E-state index contributed by atoms with van der Waals surface area (Å²) < 4.78 is 0. The van der Waals surface area contributed by atoms with Crippen molar-refractivity contribution in [2.75, 3.05) is 0 Å². The van der Waals surface area contributed by atoms with Crippen LogP contribution in [0.25, 0.3) is 0 Å². The van der Waals surface area contributed by atoms with Crippen LogP contribution in [0, 0.1) is 40.5 Å². The van der Waals surface area contributed by atoms with Gasteiger partial charge in [-0.1, -0.05) is 72.4 Å². The number of Topliss-reactive ketones (excluding diaryl/α,β-unsaturated/α-hetero) is 3. The molecule has 0 bridgehead atoms. The number of hydrogen-bond donors (Lipinski definition) is 0. The fraction of sp³-hybridized carbons (Fsp3) is 0.368. The maximum atomic E-state index is 11.4. The Morgan fingerprint density at radius 3 is 1.43 bits per heavy atom. The second kappa shape index (κ2) is 43.0. The summed E-state index contributed by atoms with van der Waals surface area (Å²) in [5.74, 6) is 0.678. The van der Waals surface area contributed by atoms with Crippen LogP contribution < -0.4 is 0 Å². The molecule has 0 aliphatic heterocycles. The summed E-state index contributed by atoms with van der Waals surface area (Å²) in [6, 6.07) is 30.5. The Hall–Kier alpha value is -0.0183. The van der Waals surface area contributed by atoms with Gasteiger partial charge in [-0.3, -0.25) is 4.79 Å². The van der Waals surface area contributed by atoms with Gasteiger partial charge in [0.05, 0.1) is 5.78 Å². The van der Waals surface area contributed by atoms with Crippen LogP contribution in [0.5, 0.6) is 0 Å². The number of carbonyl (C=O) groups is 3. The predicted octanol–water partition coefficient (Wildman–Crippen LogP) is 11.2. The van der Waals surface area contributed by atoms with Gasteiger partial charge in [-0.15, -0.1) is 35.9 Å². The van der Waals surface area contributed by atoms with Crippen LogP contribution in [0.3, 0.4) is 0 Å². The number of rotatable bonds is 12. The van der Waals surface area contributed by atoms with Crippen LogP contribution in [0.4, 0.5) is 0 Å². The molecule has 0 aromatic heterocycles. The topological polar surface area (TPSA) is 51.2 Å².